The lowest BCUT2D eigenvalue weighted by Gasteiger charge is -2.17. The lowest BCUT2D eigenvalue weighted by atomic mass is 9.88. The van der Waals surface area contributed by atoms with Gasteiger partial charge in [-0.15, -0.1) is 0 Å². The minimum absolute atomic E-state index is 0.586. The summed E-state index contributed by atoms with van der Waals surface area (Å²) in [5.41, 5.74) is 0. The molecule has 0 aromatic rings. The molecule has 1 aliphatic heterocycles. The Morgan fingerprint density at radius 2 is 2.25 bits per heavy atom. The largest absolute Gasteiger partial charge is 0.389 e. The van der Waals surface area contributed by atoms with Gasteiger partial charge >= 0.3 is 0 Å². The van der Waals surface area contributed by atoms with Gasteiger partial charge in [-0.2, -0.15) is 0 Å². The zero-order valence-corrected chi connectivity index (χ0v) is 8.58. The van der Waals surface area contributed by atoms with Crippen molar-refractivity contribution in [2.45, 2.75) is 50.5 Å². The van der Waals surface area contributed by atoms with Gasteiger partial charge in [0.25, 0.3) is 8.68 Å². The summed E-state index contributed by atoms with van der Waals surface area (Å²) in [5, 5.41) is 0. The van der Waals surface area contributed by atoms with Crippen molar-refractivity contribution < 1.29 is 9.20 Å². The first kappa shape index (κ1) is 8.57. The number of ether oxygens (including phenoxy) is 1. The fraction of sp³-hybridized carbons (Fsp3) is 1.00. The van der Waals surface area contributed by atoms with Crippen molar-refractivity contribution in [2.75, 3.05) is 0 Å². The first-order chi connectivity index (χ1) is 5.75. The van der Waals surface area contributed by atoms with Gasteiger partial charge in [-0.3, -0.25) is 0 Å². The molecule has 2 rings (SSSR count). The van der Waals surface area contributed by atoms with E-state index in [1.54, 1.807) is 0 Å². The minimum Gasteiger partial charge on any atom is -0.389 e. The highest BCUT2D eigenvalue weighted by molar-refractivity contribution is 6.40. The van der Waals surface area contributed by atoms with E-state index in [0.29, 0.717) is 12.2 Å². The highest BCUT2D eigenvalue weighted by Crippen LogP contribution is 2.40. The molecule has 0 aromatic carbocycles. The summed E-state index contributed by atoms with van der Waals surface area (Å²) >= 11 is 0. The van der Waals surface area contributed by atoms with Crippen molar-refractivity contribution in [1.29, 1.82) is 0 Å². The summed E-state index contributed by atoms with van der Waals surface area (Å²) < 4.78 is 16.4. The molecular weight excluding hydrogens is 168 g/mol. The average molecular weight is 184 g/mol. The molecule has 3 atom stereocenters. The molecule has 0 N–H and O–H groups in total. The van der Waals surface area contributed by atoms with Gasteiger partial charge in [-0.05, 0) is 44.2 Å². The van der Waals surface area contributed by atoms with Crippen LogP contribution in [0.5, 0.6) is 0 Å². The number of fused-ring (bicyclic) bond motifs is 1. The van der Waals surface area contributed by atoms with Crippen LogP contribution in [0.15, 0.2) is 0 Å². The van der Waals surface area contributed by atoms with Crippen LogP contribution in [0, 0.1) is 5.92 Å². The Balaban J connectivity index is 1.70. The highest BCUT2D eigenvalue weighted by atomic mass is 28.3. The summed E-state index contributed by atoms with van der Waals surface area (Å²) in [4.78, 5) is 0. The number of rotatable bonds is 3. The van der Waals surface area contributed by atoms with Crippen molar-refractivity contribution in [2.24, 2.45) is 5.92 Å². The standard InChI is InChI=1S/C9H16O2Si/c1-12(10)5-4-7-2-3-8-9(6-7)11-8/h7-9H,2-6H2,1H3. The molecule has 1 saturated heterocycles. The van der Waals surface area contributed by atoms with Crippen LogP contribution in [-0.4, -0.2) is 20.9 Å². The number of hydrogen-bond donors (Lipinski definition) is 0. The molecular formula is C9H16O2Si. The fourth-order valence-electron chi connectivity index (χ4n) is 2.16. The molecule has 3 unspecified atom stereocenters. The monoisotopic (exact) mass is 184 g/mol. The van der Waals surface area contributed by atoms with Crippen LogP contribution >= 0.6 is 0 Å². The molecule has 0 amide bonds. The first-order valence-corrected chi connectivity index (χ1v) is 7.02. The van der Waals surface area contributed by atoms with E-state index >= 15 is 0 Å². The minimum atomic E-state index is -1.23. The van der Waals surface area contributed by atoms with Crippen LogP contribution < -0.4 is 0 Å². The molecule has 2 nitrogen and oxygen atoms in total. The summed E-state index contributed by atoms with van der Waals surface area (Å²) in [5.74, 6) is 0.808. The molecule has 2 aliphatic rings. The third-order valence-corrected chi connectivity index (χ3v) is 4.01. The van der Waals surface area contributed by atoms with Crippen LogP contribution in [0.25, 0.3) is 0 Å². The van der Waals surface area contributed by atoms with Gasteiger partial charge in [-0.1, -0.05) is 0 Å². The lowest BCUT2D eigenvalue weighted by Crippen LogP contribution is -2.14. The zero-order chi connectivity index (χ0) is 8.55. The molecule has 1 saturated carbocycles. The van der Waals surface area contributed by atoms with E-state index in [0.717, 1.165) is 12.0 Å². The first-order valence-electron chi connectivity index (χ1n) is 4.90. The molecule has 0 bridgehead atoms. The van der Waals surface area contributed by atoms with Crippen molar-refractivity contribution in [1.82, 2.24) is 0 Å². The van der Waals surface area contributed by atoms with Crippen molar-refractivity contribution in [3.8, 4) is 0 Å². The molecule has 2 fully saturated rings. The molecule has 3 heteroatoms. The van der Waals surface area contributed by atoms with Gasteiger partial charge in [0, 0.05) is 0 Å². The predicted molar refractivity (Wildman–Crippen MR) is 47.7 cm³/mol. The molecule has 1 aliphatic carbocycles. The Labute approximate surface area is 75.0 Å². The van der Waals surface area contributed by atoms with Crippen LogP contribution in [-0.2, 0) is 9.20 Å². The second-order valence-electron chi connectivity index (χ2n) is 4.13. The van der Waals surface area contributed by atoms with Crippen LogP contribution in [0.3, 0.4) is 0 Å². The second-order valence-corrected chi connectivity index (χ2v) is 6.04. The molecule has 1 heterocycles. The topological polar surface area (TPSA) is 29.6 Å². The Morgan fingerprint density at radius 3 is 2.92 bits per heavy atom. The summed E-state index contributed by atoms with van der Waals surface area (Å²) in [6, 6.07) is 0.951. The average Bonchev–Trinajstić information content (AvgIpc) is 2.78. The van der Waals surface area contributed by atoms with Crippen molar-refractivity contribution in [3.05, 3.63) is 0 Å². The molecule has 0 spiro atoms. The SMILES string of the molecule is C[Si](=O)CCC1CCC2OC2C1. The maximum absolute atomic E-state index is 10.9. The van der Waals surface area contributed by atoms with Gasteiger partial charge in [0.15, 0.2) is 0 Å². The second kappa shape index (κ2) is 3.38. The van der Waals surface area contributed by atoms with Crippen LogP contribution in [0.4, 0.5) is 0 Å². The highest BCUT2D eigenvalue weighted by Gasteiger charge is 2.43. The van der Waals surface area contributed by atoms with Crippen molar-refractivity contribution in [3.63, 3.8) is 0 Å². The quantitative estimate of drug-likeness (QED) is 0.496. The zero-order valence-electron chi connectivity index (χ0n) is 7.58. The van der Waals surface area contributed by atoms with Crippen molar-refractivity contribution >= 4 is 8.68 Å². The van der Waals surface area contributed by atoms with Gasteiger partial charge in [0.2, 0.25) is 0 Å². The Kier molecular flexibility index (Phi) is 2.41. The third kappa shape index (κ3) is 2.01. The van der Waals surface area contributed by atoms with E-state index < -0.39 is 8.68 Å². The summed E-state index contributed by atoms with van der Waals surface area (Å²) in [6.45, 7) is 1.87. The van der Waals surface area contributed by atoms with E-state index in [4.69, 9.17) is 4.74 Å². The molecule has 12 heavy (non-hydrogen) atoms. The lowest BCUT2D eigenvalue weighted by molar-refractivity contribution is 0.356. The maximum atomic E-state index is 10.9. The molecule has 0 aromatic heterocycles. The van der Waals surface area contributed by atoms with Gasteiger partial charge in [0.05, 0.1) is 12.2 Å². The molecule has 68 valence electrons. The van der Waals surface area contributed by atoms with Gasteiger partial charge < -0.3 is 9.20 Å². The number of epoxide rings is 1. The van der Waals surface area contributed by atoms with E-state index in [1.807, 2.05) is 6.55 Å². The Morgan fingerprint density at radius 1 is 1.42 bits per heavy atom. The summed E-state index contributed by atoms with van der Waals surface area (Å²) in [7, 11) is -1.23. The predicted octanol–water partition coefficient (Wildman–Crippen LogP) is 2.00. The molecule has 0 radical (unpaired) electrons. The van der Waals surface area contributed by atoms with Gasteiger partial charge in [-0.25, -0.2) is 0 Å². The van der Waals surface area contributed by atoms with Crippen LogP contribution in [0.1, 0.15) is 25.7 Å². The van der Waals surface area contributed by atoms with E-state index in [1.165, 1.54) is 25.7 Å². The van der Waals surface area contributed by atoms with Crippen LogP contribution in [0.2, 0.25) is 12.6 Å². The maximum Gasteiger partial charge on any atom is 0.273 e. The van der Waals surface area contributed by atoms with Gasteiger partial charge in [0.1, 0.15) is 0 Å². The van der Waals surface area contributed by atoms with E-state index in [9.17, 15) is 4.46 Å². The third-order valence-electron chi connectivity index (χ3n) is 3.02. The normalized spacial score (nSPS) is 38.9. The smallest absolute Gasteiger partial charge is 0.273 e. The number of hydrogen-bond acceptors (Lipinski definition) is 2. The van der Waals surface area contributed by atoms with E-state index in [2.05, 4.69) is 0 Å². The Bertz CT molecular complexity index is 193. The summed E-state index contributed by atoms with van der Waals surface area (Å²) in [6.07, 6.45) is 6.15. The Hall–Kier alpha value is -0.0231. The van der Waals surface area contributed by atoms with E-state index in [-0.39, 0.29) is 0 Å². The fourth-order valence-corrected chi connectivity index (χ4v) is 2.97.